The molecule has 0 unspecified atom stereocenters. The van der Waals surface area contributed by atoms with E-state index in [1.807, 2.05) is 36.6 Å². The van der Waals surface area contributed by atoms with Gasteiger partial charge in [-0.25, -0.2) is 4.98 Å². The predicted octanol–water partition coefficient (Wildman–Crippen LogP) is 4.26. The summed E-state index contributed by atoms with van der Waals surface area (Å²) >= 11 is 1.41. The van der Waals surface area contributed by atoms with Crippen molar-refractivity contribution >= 4 is 27.5 Å². The summed E-state index contributed by atoms with van der Waals surface area (Å²) in [4.78, 5) is 29.9. The van der Waals surface area contributed by atoms with Gasteiger partial charge < -0.3 is 9.47 Å². The van der Waals surface area contributed by atoms with Crippen LogP contribution in [-0.4, -0.2) is 28.7 Å². The summed E-state index contributed by atoms with van der Waals surface area (Å²) in [6, 6.07) is 7.66. The van der Waals surface area contributed by atoms with E-state index in [0.29, 0.717) is 23.4 Å². The number of carbonyl (C=O) groups is 1. The number of esters is 1. The van der Waals surface area contributed by atoms with E-state index in [1.54, 1.807) is 0 Å². The van der Waals surface area contributed by atoms with Gasteiger partial charge in [0.1, 0.15) is 17.1 Å². The number of ether oxygens (including phenoxy) is 2. The summed E-state index contributed by atoms with van der Waals surface area (Å²) in [5.41, 5.74) is 1.49. The SMILES string of the molecule is CCCCOC(=O)Cn1cnc2scc(-c3ccc(OCCC)cc3)c2c1=O. The molecule has 0 amide bonds. The monoisotopic (exact) mass is 400 g/mol. The van der Waals surface area contributed by atoms with E-state index in [9.17, 15) is 9.59 Å². The molecule has 0 saturated heterocycles. The molecule has 0 fully saturated rings. The summed E-state index contributed by atoms with van der Waals surface area (Å²) in [5.74, 6) is 0.376. The predicted molar refractivity (Wildman–Crippen MR) is 111 cm³/mol. The smallest absolute Gasteiger partial charge is 0.326 e. The van der Waals surface area contributed by atoms with Gasteiger partial charge in [-0.15, -0.1) is 11.3 Å². The van der Waals surface area contributed by atoms with E-state index in [1.165, 1.54) is 22.2 Å². The lowest BCUT2D eigenvalue weighted by Gasteiger charge is -2.07. The van der Waals surface area contributed by atoms with Gasteiger partial charge in [0.2, 0.25) is 0 Å². The number of carbonyl (C=O) groups excluding carboxylic acids is 1. The lowest BCUT2D eigenvalue weighted by Crippen LogP contribution is -2.25. The molecule has 148 valence electrons. The molecule has 0 atom stereocenters. The highest BCUT2D eigenvalue weighted by molar-refractivity contribution is 7.17. The fraction of sp³-hybridized carbons (Fsp3) is 0.381. The first-order valence-electron chi connectivity index (χ1n) is 9.49. The highest BCUT2D eigenvalue weighted by Crippen LogP contribution is 2.31. The molecule has 0 aliphatic heterocycles. The number of thiophene rings is 1. The molecule has 3 aromatic rings. The minimum absolute atomic E-state index is 0.134. The molecular weight excluding hydrogens is 376 g/mol. The number of benzene rings is 1. The Kier molecular flexibility index (Phi) is 6.81. The summed E-state index contributed by atoms with van der Waals surface area (Å²) in [6.45, 7) is 4.99. The van der Waals surface area contributed by atoms with E-state index in [2.05, 4.69) is 11.9 Å². The number of unbranched alkanes of at least 4 members (excludes halogenated alkanes) is 1. The summed E-state index contributed by atoms with van der Waals surface area (Å²) in [5, 5.41) is 2.45. The van der Waals surface area contributed by atoms with Crippen LogP contribution in [0.5, 0.6) is 5.75 Å². The minimum Gasteiger partial charge on any atom is -0.494 e. The molecule has 0 N–H and O–H groups in total. The first kappa shape index (κ1) is 20.1. The molecule has 0 radical (unpaired) electrons. The summed E-state index contributed by atoms with van der Waals surface area (Å²) < 4.78 is 12.1. The van der Waals surface area contributed by atoms with Gasteiger partial charge in [0.05, 0.1) is 24.9 Å². The van der Waals surface area contributed by atoms with Crippen molar-refractivity contribution in [2.75, 3.05) is 13.2 Å². The first-order valence-corrected chi connectivity index (χ1v) is 10.4. The molecule has 6 nitrogen and oxygen atoms in total. The van der Waals surface area contributed by atoms with E-state index in [4.69, 9.17) is 9.47 Å². The number of hydrogen-bond acceptors (Lipinski definition) is 6. The molecule has 0 bridgehead atoms. The minimum atomic E-state index is -0.425. The Morgan fingerprint density at radius 3 is 2.64 bits per heavy atom. The van der Waals surface area contributed by atoms with Crippen LogP contribution in [0.25, 0.3) is 21.3 Å². The van der Waals surface area contributed by atoms with Crippen LogP contribution in [0.3, 0.4) is 0 Å². The molecule has 2 heterocycles. The van der Waals surface area contributed by atoms with Gasteiger partial charge in [-0.1, -0.05) is 32.4 Å². The highest BCUT2D eigenvalue weighted by atomic mass is 32.1. The summed E-state index contributed by atoms with van der Waals surface area (Å²) in [6.07, 6.45) is 4.11. The average molecular weight is 401 g/mol. The van der Waals surface area contributed by atoms with Crippen LogP contribution in [0.4, 0.5) is 0 Å². The fourth-order valence-corrected chi connectivity index (χ4v) is 3.66. The number of nitrogens with zero attached hydrogens (tertiary/aromatic N) is 2. The van der Waals surface area contributed by atoms with Crippen LogP contribution in [0.1, 0.15) is 33.1 Å². The van der Waals surface area contributed by atoms with Crippen molar-refractivity contribution in [2.24, 2.45) is 0 Å². The summed E-state index contributed by atoms with van der Waals surface area (Å²) in [7, 11) is 0. The van der Waals surface area contributed by atoms with Crippen molar-refractivity contribution in [1.82, 2.24) is 9.55 Å². The van der Waals surface area contributed by atoms with Crippen molar-refractivity contribution in [3.05, 3.63) is 46.3 Å². The average Bonchev–Trinajstić information content (AvgIpc) is 3.14. The molecule has 0 aliphatic rings. The van der Waals surface area contributed by atoms with E-state index >= 15 is 0 Å². The topological polar surface area (TPSA) is 70.4 Å². The van der Waals surface area contributed by atoms with Crippen LogP contribution in [0, 0.1) is 0 Å². The van der Waals surface area contributed by atoms with Gasteiger partial charge in [0, 0.05) is 10.9 Å². The Labute approximate surface area is 167 Å². The normalized spacial score (nSPS) is 10.9. The zero-order chi connectivity index (χ0) is 19.9. The first-order chi connectivity index (χ1) is 13.6. The highest BCUT2D eigenvalue weighted by Gasteiger charge is 2.15. The third-order valence-corrected chi connectivity index (χ3v) is 5.15. The van der Waals surface area contributed by atoms with Gasteiger partial charge in [0.15, 0.2) is 0 Å². The second-order valence-electron chi connectivity index (χ2n) is 6.45. The molecule has 0 saturated carbocycles. The molecule has 0 spiro atoms. The Morgan fingerprint density at radius 1 is 1.14 bits per heavy atom. The van der Waals surface area contributed by atoms with Crippen LogP contribution in [-0.2, 0) is 16.1 Å². The quantitative estimate of drug-likeness (QED) is 0.396. The Hall–Kier alpha value is -2.67. The molecule has 7 heteroatoms. The van der Waals surface area contributed by atoms with Crippen LogP contribution >= 0.6 is 11.3 Å². The van der Waals surface area contributed by atoms with Crippen molar-refractivity contribution in [1.29, 1.82) is 0 Å². The largest absolute Gasteiger partial charge is 0.494 e. The van der Waals surface area contributed by atoms with Crippen molar-refractivity contribution in [3.8, 4) is 16.9 Å². The maximum atomic E-state index is 13.0. The van der Waals surface area contributed by atoms with Gasteiger partial charge in [0.25, 0.3) is 5.56 Å². The molecule has 3 rings (SSSR count). The molecular formula is C21H24N2O4S. The number of aromatic nitrogens is 2. The third kappa shape index (κ3) is 4.59. The van der Waals surface area contributed by atoms with Gasteiger partial charge in [-0.3, -0.25) is 14.2 Å². The second kappa shape index (κ2) is 9.50. The van der Waals surface area contributed by atoms with Crippen molar-refractivity contribution in [2.45, 2.75) is 39.7 Å². The van der Waals surface area contributed by atoms with E-state index in [0.717, 1.165) is 36.1 Å². The molecule has 2 aromatic heterocycles. The fourth-order valence-electron chi connectivity index (χ4n) is 2.76. The van der Waals surface area contributed by atoms with E-state index < -0.39 is 5.97 Å². The molecule has 28 heavy (non-hydrogen) atoms. The standard InChI is InChI=1S/C21H24N2O4S/c1-3-5-11-27-18(24)12-23-14-22-20-19(21(23)25)17(13-28-20)15-6-8-16(9-7-15)26-10-4-2/h6-9,13-14H,3-5,10-12H2,1-2H3. The van der Waals surface area contributed by atoms with Crippen LogP contribution in [0.2, 0.25) is 0 Å². The zero-order valence-corrected chi connectivity index (χ0v) is 17.0. The van der Waals surface area contributed by atoms with Crippen molar-refractivity contribution < 1.29 is 14.3 Å². The lowest BCUT2D eigenvalue weighted by molar-refractivity contribution is -0.144. The number of hydrogen-bond donors (Lipinski definition) is 0. The van der Waals surface area contributed by atoms with E-state index in [-0.39, 0.29) is 12.1 Å². The van der Waals surface area contributed by atoms with Crippen LogP contribution in [0.15, 0.2) is 40.8 Å². The van der Waals surface area contributed by atoms with Gasteiger partial charge in [-0.05, 0) is 30.5 Å². The maximum Gasteiger partial charge on any atom is 0.326 e. The zero-order valence-electron chi connectivity index (χ0n) is 16.1. The maximum absolute atomic E-state index is 13.0. The van der Waals surface area contributed by atoms with Crippen LogP contribution < -0.4 is 10.3 Å². The van der Waals surface area contributed by atoms with Gasteiger partial charge >= 0.3 is 5.97 Å². The van der Waals surface area contributed by atoms with Gasteiger partial charge in [-0.2, -0.15) is 0 Å². The molecule has 1 aromatic carbocycles. The Bertz CT molecular complexity index is 992. The Morgan fingerprint density at radius 2 is 1.93 bits per heavy atom. The lowest BCUT2D eigenvalue weighted by atomic mass is 10.1. The second-order valence-corrected chi connectivity index (χ2v) is 7.31. The third-order valence-electron chi connectivity index (χ3n) is 4.26. The van der Waals surface area contributed by atoms with Crippen molar-refractivity contribution in [3.63, 3.8) is 0 Å². The Balaban J connectivity index is 1.86. The number of fused-ring (bicyclic) bond motifs is 1. The number of rotatable bonds is 9. The molecule has 0 aliphatic carbocycles.